The van der Waals surface area contributed by atoms with Gasteiger partial charge in [-0.2, -0.15) is 0 Å². The van der Waals surface area contributed by atoms with Gasteiger partial charge in [-0.25, -0.2) is 8.78 Å². The van der Waals surface area contributed by atoms with Crippen LogP contribution in [0.4, 0.5) is 8.78 Å². The molecule has 2 nitrogen and oxygen atoms in total. The van der Waals surface area contributed by atoms with Crippen LogP contribution in [0.5, 0.6) is 0 Å². The van der Waals surface area contributed by atoms with Gasteiger partial charge in [0, 0.05) is 37.6 Å². The molecule has 2 aliphatic heterocycles. The van der Waals surface area contributed by atoms with Gasteiger partial charge in [0.2, 0.25) is 0 Å². The van der Waals surface area contributed by atoms with Gasteiger partial charge in [-0.05, 0) is 37.5 Å². The first-order valence-corrected chi connectivity index (χ1v) is 8.07. The summed E-state index contributed by atoms with van der Waals surface area (Å²) in [6.07, 6.45) is 5.12. The van der Waals surface area contributed by atoms with Gasteiger partial charge >= 0.3 is 0 Å². The maximum atomic E-state index is 14.0. The zero-order chi connectivity index (χ0) is 14.6. The lowest BCUT2D eigenvalue weighted by molar-refractivity contribution is -0.197. The lowest BCUT2D eigenvalue weighted by Crippen LogP contribution is -2.53. The molecule has 2 saturated heterocycles. The van der Waals surface area contributed by atoms with Crippen molar-refractivity contribution < 1.29 is 13.5 Å². The van der Waals surface area contributed by atoms with E-state index in [0.717, 1.165) is 13.0 Å². The Balaban J connectivity index is 0.000000581. The Morgan fingerprint density at radius 3 is 2.15 bits per heavy atom. The summed E-state index contributed by atoms with van der Waals surface area (Å²) in [5, 5.41) is 0. The summed E-state index contributed by atoms with van der Waals surface area (Å²) in [5.41, 5.74) is -0.323. The van der Waals surface area contributed by atoms with E-state index >= 15 is 0 Å². The minimum atomic E-state index is -2.44. The molecule has 116 valence electrons. The van der Waals surface area contributed by atoms with E-state index in [0.29, 0.717) is 31.4 Å². The Hall–Kier alpha value is -0.220. The molecule has 0 aromatic heterocycles. The molecule has 4 heteroatoms. The summed E-state index contributed by atoms with van der Waals surface area (Å²) in [4.78, 5) is 2.36. The molecule has 0 amide bonds. The number of hydrogen-bond donors (Lipinski definition) is 0. The Morgan fingerprint density at radius 1 is 1.00 bits per heavy atom. The van der Waals surface area contributed by atoms with Gasteiger partial charge < -0.3 is 4.74 Å². The first kappa shape index (κ1) is 14.7. The second-order valence-electron chi connectivity index (χ2n) is 7.35. The molecule has 20 heavy (non-hydrogen) atoms. The summed E-state index contributed by atoms with van der Waals surface area (Å²) < 4.78 is 33.3. The van der Waals surface area contributed by atoms with Gasteiger partial charge in [0.05, 0.1) is 6.61 Å². The highest BCUT2D eigenvalue weighted by molar-refractivity contribution is 5.22. The van der Waals surface area contributed by atoms with Gasteiger partial charge in [0.1, 0.15) is 0 Å². The fraction of sp³-hybridized carbons (Fsp3) is 1.00. The van der Waals surface area contributed by atoms with Crippen molar-refractivity contribution in [2.75, 3.05) is 26.8 Å². The van der Waals surface area contributed by atoms with Gasteiger partial charge in [0.25, 0.3) is 5.92 Å². The van der Waals surface area contributed by atoms with Crippen LogP contribution in [-0.2, 0) is 4.74 Å². The Kier molecular flexibility index (Phi) is 3.23. The van der Waals surface area contributed by atoms with Crippen LogP contribution in [0, 0.1) is 10.8 Å². The summed E-state index contributed by atoms with van der Waals surface area (Å²) in [7, 11) is 1.70. The molecule has 0 aromatic carbocycles. The van der Waals surface area contributed by atoms with Crippen LogP contribution in [0.25, 0.3) is 0 Å². The lowest BCUT2D eigenvalue weighted by Gasteiger charge is -2.47. The van der Waals surface area contributed by atoms with Gasteiger partial charge in [-0.15, -0.1) is 0 Å². The van der Waals surface area contributed by atoms with Crippen LogP contribution >= 0.6 is 0 Å². The smallest absolute Gasteiger partial charge is 0.254 e. The average Bonchev–Trinajstić information content (AvgIpc) is 2.98. The third kappa shape index (κ3) is 1.80. The van der Waals surface area contributed by atoms with Crippen LogP contribution in [0.15, 0.2) is 0 Å². The number of methoxy groups -OCH3 is 1. The number of rotatable bonds is 2. The number of fused-ring (bicyclic) bond motifs is 1. The molecular weight excluding hydrogens is 260 g/mol. The quantitative estimate of drug-likeness (QED) is 0.768. The second-order valence-corrected chi connectivity index (χ2v) is 7.35. The molecule has 2 saturated carbocycles. The predicted molar refractivity (Wildman–Crippen MR) is 75.0 cm³/mol. The molecule has 0 bridgehead atoms. The third-order valence-electron chi connectivity index (χ3n) is 6.13. The van der Waals surface area contributed by atoms with Crippen LogP contribution < -0.4 is 0 Å². The summed E-state index contributed by atoms with van der Waals surface area (Å²) in [6, 6.07) is 0. The zero-order valence-electron chi connectivity index (χ0n) is 13.0. The van der Waals surface area contributed by atoms with E-state index in [1.807, 2.05) is 13.8 Å². The minimum Gasteiger partial charge on any atom is -0.383 e. The van der Waals surface area contributed by atoms with E-state index in [2.05, 4.69) is 4.90 Å². The van der Waals surface area contributed by atoms with E-state index in [-0.39, 0.29) is 12.0 Å². The van der Waals surface area contributed by atoms with E-state index < -0.39 is 11.3 Å². The Labute approximate surface area is 120 Å². The molecule has 4 aliphatic rings. The predicted octanol–water partition coefficient (Wildman–Crippen LogP) is 3.70. The van der Waals surface area contributed by atoms with Crippen molar-refractivity contribution in [3.8, 4) is 0 Å². The molecule has 0 aromatic rings. The molecule has 4 fully saturated rings. The standard InChI is InChI=1S/C14H21F2NO.C2H6/c1-18-10-13-6-11(2-3-11)8-17(13)9-12(7-13)4-5-14(12,15)16;1-2/h2-10H2,1H3;1-2H3. The van der Waals surface area contributed by atoms with Crippen LogP contribution in [0.2, 0.25) is 0 Å². The van der Waals surface area contributed by atoms with Gasteiger partial charge in [0.15, 0.2) is 0 Å². The topological polar surface area (TPSA) is 12.5 Å². The Morgan fingerprint density at radius 2 is 1.70 bits per heavy atom. The number of ether oxygens (including phenoxy) is 1. The maximum absolute atomic E-state index is 14.0. The molecular formula is C16H27F2NO. The van der Waals surface area contributed by atoms with E-state index in [1.165, 1.54) is 12.8 Å². The highest BCUT2D eigenvalue weighted by Crippen LogP contribution is 2.69. The van der Waals surface area contributed by atoms with Gasteiger partial charge in [-0.3, -0.25) is 4.90 Å². The fourth-order valence-electron chi connectivity index (χ4n) is 4.94. The van der Waals surface area contributed by atoms with Crippen molar-refractivity contribution in [3.63, 3.8) is 0 Å². The monoisotopic (exact) mass is 287 g/mol. The molecule has 2 heterocycles. The number of nitrogens with zero attached hydrogens (tertiary/aromatic N) is 1. The maximum Gasteiger partial charge on any atom is 0.254 e. The van der Waals surface area contributed by atoms with Crippen molar-refractivity contribution in [1.82, 2.24) is 4.90 Å². The fourth-order valence-corrected chi connectivity index (χ4v) is 4.94. The van der Waals surface area contributed by atoms with Crippen molar-refractivity contribution in [2.45, 2.75) is 63.8 Å². The molecule has 0 N–H and O–H groups in total. The van der Waals surface area contributed by atoms with Crippen molar-refractivity contribution in [2.24, 2.45) is 10.8 Å². The van der Waals surface area contributed by atoms with Crippen LogP contribution in [0.3, 0.4) is 0 Å². The summed E-state index contributed by atoms with van der Waals surface area (Å²) in [6.45, 7) is 6.27. The van der Waals surface area contributed by atoms with E-state index in [1.54, 1.807) is 7.11 Å². The Bertz CT molecular complexity index is 396. The van der Waals surface area contributed by atoms with Crippen molar-refractivity contribution >= 4 is 0 Å². The van der Waals surface area contributed by atoms with Crippen LogP contribution in [0.1, 0.15) is 52.4 Å². The van der Waals surface area contributed by atoms with E-state index in [4.69, 9.17) is 4.74 Å². The number of halogens is 2. The highest BCUT2D eigenvalue weighted by atomic mass is 19.3. The SMILES string of the molecule is CC.COCC12CC3(CC3)CN1CC1(CCC1(F)F)C2. The summed E-state index contributed by atoms with van der Waals surface area (Å²) in [5.74, 6) is -2.44. The third-order valence-corrected chi connectivity index (χ3v) is 6.13. The molecule has 2 unspecified atom stereocenters. The largest absolute Gasteiger partial charge is 0.383 e. The molecule has 2 atom stereocenters. The first-order chi connectivity index (χ1) is 9.45. The molecule has 2 aliphatic carbocycles. The number of hydrogen-bond acceptors (Lipinski definition) is 2. The van der Waals surface area contributed by atoms with E-state index in [9.17, 15) is 8.78 Å². The van der Waals surface area contributed by atoms with Crippen molar-refractivity contribution in [1.29, 1.82) is 0 Å². The summed E-state index contributed by atoms with van der Waals surface area (Å²) >= 11 is 0. The molecule has 0 radical (unpaired) electrons. The minimum absolute atomic E-state index is 0.0743. The highest BCUT2D eigenvalue weighted by Gasteiger charge is 2.73. The number of alkyl halides is 2. The first-order valence-electron chi connectivity index (χ1n) is 8.07. The second kappa shape index (κ2) is 4.39. The normalized spacial score (nSPS) is 43.0. The zero-order valence-corrected chi connectivity index (χ0v) is 13.0. The average molecular weight is 287 g/mol. The molecule has 2 spiro atoms. The van der Waals surface area contributed by atoms with Crippen LogP contribution in [-0.4, -0.2) is 43.2 Å². The van der Waals surface area contributed by atoms with Crippen molar-refractivity contribution in [3.05, 3.63) is 0 Å². The lowest BCUT2D eigenvalue weighted by atomic mass is 9.61. The van der Waals surface area contributed by atoms with Gasteiger partial charge in [-0.1, -0.05) is 13.8 Å². The molecule has 4 rings (SSSR count).